The van der Waals surface area contributed by atoms with Crippen molar-refractivity contribution in [1.82, 2.24) is 10.9 Å². The van der Waals surface area contributed by atoms with Gasteiger partial charge in [-0.15, -0.1) is 22.7 Å². The lowest BCUT2D eigenvalue weighted by Crippen LogP contribution is -2.41. The molecule has 0 saturated heterocycles. The molecule has 3 aromatic rings. The molecule has 0 aliphatic rings. The Labute approximate surface area is 182 Å². The third kappa shape index (κ3) is 4.79. The molecule has 2 heterocycles. The summed E-state index contributed by atoms with van der Waals surface area (Å²) in [4.78, 5) is 37.6. The van der Waals surface area contributed by atoms with E-state index in [0.29, 0.717) is 30.9 Å². The first-order chi connectivity index (χ1) is 13.3. The third-order valence-corrected chi connectivity index (χ3v) is 6.67. The Balaban J connectivity index is 1.64. The second-order valence-electron chi connectivity index (χ2n) is 5.57. The Morgan fingerprint density at radius 3 is 2.36 bits per heavy atom. The number of amides is 3. The van der Waals surface area contributed by atoms with Gasteiger partial charge in [0.05, 0.1) is 29.1 Å². The molecule has 2 aromatic heterocycles. The van der Waals surface area contributed by atoms with Crippen LogP contribution in [0.25, 0.3) is 0 Å². The molecule has 3 amide bonds. The first-order valence-electron chi connectivity index (χ1n) is 7.87. The fraction of sp³-hybridized carbons (Fsp3) is 0.0556. The lowest BCUT2D eigenvalue weighted by Gasteiger charge is -2.05. The predicted molar refractivity (Wildman–Crippen MR) is 115 cm³/mol. The summed E-state index contributed by atoms with van der Waals surface area (Å²) in [6.07, 6.45) is 0. The Morgan fingerprint density at radius 2 is 1.68 bits per heavy atom. The van der Waals surface area contributed by atoms with Crippen LogP contribution in [0.15, 0.2) is 46.3 Å². The highest BCUT2D eigenvalue weighted by atomic mass is 79.9. The quantitative estimate of drug-likeness (QED) is 0.449. The number of hydrogen-bond donors (Lipinski definition) is 3. The largest absolute Gasteiger partial charge is 0.313 e. The van der Waals surface area contributed by atoms with Crippen molar-refractivity contribution in [1.29, 1.82) is 0 Å². The van der Waals surface area contributed by atoms with E-state index >= 15 is 0 Å². The first kappa shape index (κ1) is 20.5. The molecule has 0 aliphatic carbocycles. The number of hydrogen-bond acceptors (Lipinski definition) is 5. The zero-order valence-corrected chi connectivity index (χ0v) is 18.3. The molecule has 3 rings (SSSR count). The summed E-state index contributed by atoms with van der Waals surface area (Å²) >= 11 is 11.7. The highest BCUT2D eigenvalue weighted by molar-refractivity contribution is 9.11. The number of rotatable bonds is 4. The molecule has 0 atom stereocenters. The molecule has 3 N–H and O–H groups in total. The van der Waals surface area contributed by atoms with Gasteiger partial charge >= 0.3 is 0 Å². The van der Waals surface area contributed by atoms with E-state index in [-0.39, 0.29) is 5.91 Å². The van der Waals surface area contributed by atoms with E-state index in [1.807, 2.05) is 0 Å². The molecule has 0 saturated carbocycles. The van der Waals surface area contributed by atoms with E-state index in [1.54, 1.807) is 49.4 Å². The smallest absolute Gasteiger partial charge is 0.280 e. The molecule has 0 bridgehead atoms. The fourth-order valence-corrected chi connectivity index (χ4v) is 4.73. The molecule has 28 heavy (non-hydrogen) atoms. The SMILES string of the molecule is Cc1cc(NC(=O)c2ccccc2Cl)sc1C(=O)NNC(=O)c1ccc(Br)s1. The average Bonchev–Trinajstić information content (AvgIpc) is 3.25. The summed E-state index contributed by atoms with van der Waals surface area (Å²) < 4.78 is 0.817. The van der Waals surface area contributed by atoms with Crippen molar-refractivity contribution in [3.63, 3.8) is 0 Å². The number of carbonyl (C=O) groups is 3. The van der Waals surface area contributed by atoms with Gasteiger partial charge in [0.25, 0.3) is 17.7 Å². The molecular formula is C18H13BrClN3O3S2. The zero-order chi connectivity index (χ0) is 20.3. The molecule has 10 heteroatoms. The maximum atomic E-state index is 12.4. The van der Waals surface area contributed by atoms with Crippen molar-refractivity contribution in [3.05, 3.63) is 72.2 Å². The maximum absolute atomic E-state index is 12.4. The van der Waals surface area contributed by atoms with Gasteiger partial charge in [0, 0.05) is 0 Å². The van der Waals surface area contributed by atoms with E-state index < -0.39 is 11.8 Å². The fourth-order valence-electron chi connectivity index (χ4n) is 2.26. The van der Waals surface area contributed by atoms with Crippen LogP contribution in [0, 0.1) is 6.92 Å². The van der Waals surface area contributed by atoms with Gasteiger partial charge in [-0.1, -0.05) is 23.7 Å². The number of hydrazine groups is 1. The maximum Gasteiger partial charge on any atom is 0.280 e. The van der Waals surface area contributed by atoms with Crippen LogP contribution in [0.3, 0.4) is 0 Å². The summed E-state index contributed by atoms with van der Waals surface area (Å²) in [5.74, 6) is -1.24. The minimum atomic E-state index is -0.468. The van der Waals surface area contributed by atoms with Crippen LogP contribution in [-0.2, 0) is 0 Å². The molecule has 0 radical (unpaired) electrons. The molecule has 0 spiro atoms. The van der Waals surface area contributed by atoms with Crippen molar-refractivity contribution in [2.75, 3.05) is 5.32 Å². The molecule has 0 unspecified atom stereocenters. The highest BCUT2D eigenvalue weighted by Crippen LogP contribution is 2.28. The number of thiophene rings is 2. The second-order valence-corrected chi connectivity index (χ2v) is 9.49. The standard InChI is InChI=1S/C18H13BrClN3O3S2/c1-9-8-14(21-16(24)10-4-2-3-5-11(10)20)28-15(9)18(26)23-22-17(25)12-6-7-13(19)27-12/h2-8H,1H3,(H,21,24)(H,22,25)(H,23,26). The van der Waals surface area contributed by atoms with Gasteiger partial charge in [0.15, 0.2) is 0 Å². The van der Waals surface area contributed by atoms with Gasteiger partial charge in [0.1, 0.15) is 0 Å². The highest BCUT2D eigenvalue weighted by Gasteiger charge is 2.17. The van der Waals surface area contributed by atoms with Crippen LogP contribution in [-0.4, -0.2) is 17.7 Å². The zero-order valence-electron chi connectivity index (χ0n) is 14.3. The molecular weight excluding hydrogens is 486 g/mol. The van der Waals surface area contributed by atoms with E-state index in [1.165, 1.54) is 11.3 Å². The Hall–Kier alpha value is -2.20. The molecule has 0 aliphatic heterocycles. The molecule has 0 fully saturated rings. The number of benzene rings is 1. The normalized spacial score (nSPS) is 10.4. The van der Waals surface area contributed by atoms with Gasteiger partial charge < -0.3 is 5.32 Å². The van der Waals surface area contributed by atoms with Gasteiger partial charge in [-0.2, -0.15) is 0 Å². The van der Waals surface area contributed by atoms with E-state index in [4.69, 9.17) is 11.6 Å². The minimum absolute atomic E-state index is 0.342. The van der Waals surface area contributed by atoms with E-state index in [9.17, 15) is 14.4 Å². The predicted octanol–water partition coefficient (Wildman–Crippen LogP) is 4.86. The van der Waals surface area contributed by atoms with Crippen LogP contribution in [0.5, 0.6) is 0 Å². The van der Waals surface area contributed by atoms with Crippen LogP contribution in [0.1, 0.15) is 35.3 Å². The lowest BCUT2D eigenvalue weighted by atomic mass is 10.2. The monoisotopic (exact) mass is 497 g/mol. The van der Waals surface area contributed by atoms with Gasteiger partial charge in [0.2, 0.25) is 0 Å². The number of anilines is 1. The van der Waals surface area contributed by atoms with Crippen LogP contribution in [0.4, 0.5) is 5.00 Å². The van der Waals surface area contributed by atoms with Crippen LogP contribution >= 0.6 is 50.2 Å². The first-order valence-corrected chi connectivity index (χ1v) is 10.7. The number of carbonyl (C=O) groups excluding carboxylic acids is 3. The lowest BCUT2D eigenvalue weighted by molar-refractivity contribution is 0.0851. The molecule has 144 valence electrons. The van der Waals surface area contributed by atoms with Gasteiger partial charge in [-0.3, -0.25) is 25.2 Å². The van der Waals surface area contributed by atoms with E-state index in [0.717, 1.165) is 15.1 Å². The molecule has 1 aromatic carbocycles. The number of aryl methyl sites for hydroxylation is 1. The number of nitrogens with one attached hydrogen (secondary N) is 3. The second kappa shape index (κ2) is 8.87. The van der Waals surface area contributed by atoms with E-state index in [2.05, 4.69) is 32.1 Å². The Bertz CT molecular complexity index is 1060. The third-order valence-electron chi connectivity index (χ3n) is 3.57. The van der Waals surface area contributed by atoms with Crippen LogP contribution in [0.2, 0.25) is 5.02 Å². The van der Waals surface area contributed by atoms with Crippen molar-refractivity contribution >= 4 is 72.9 Å². The van der Waals surface area contributed by atoms with Crippen molar-refractivity contribution in [2.24, 2.45) is 0 Å². The number of halogens is 2. The summed E-state index contributed by atoms with van der Waals surface area (Å²) in [6, 6.07) is 11.8. The summed E-state index contributed by atoms with van der Waals surface area (Å²) in [5.41, 5.74) is 5.77. The van der Waals surface area contributed by atoms with Crippen molar-refractivity contribution in [2.45, 2.75) is 6.92 Å². The Kier molecular flexibility index (Phi) is 6.50. The molecule has 6 nitrogen and oxygen atoms in total. The minimum Gasteiger partial charge on any atom is -0.313 e. The van der Waals surface area contributed by atoms with Crippen molar-refractivity contribution < 1.29 is 14.4 Å². The summed E-state index contributed by atoms with van der Waals surface area (Å²) in [6.45, 7) is 1.74. The summed E-state index contributed by atoms with van der Waals surface area (Å²) in [5, 5.41) is 3.58. The van der Waals surface area contributed by atoms with Gasteiger partial charge in [-0.25, -0.2) is 0 Å². The van der Waals surface area contributed by atoms with Crippen LogP contribution < -0.4 is 16.2 Å². The topological polar surface area (TPSA) is 87.3 Å². The van der Waals surface area contributed by atoms with Gasteiger partial charge in [-0.05, 0) is 58.7 Å². The Morgan fingerprint density at radius 1 is 0.964 bits per heavy atom. The average molecular weight is 499 g/mol. The van der Waals surface area contributed by atoms with Crippen molar-refractivity contribution in [3.8, 4) is 0 Å². The summed E-state index contributed by atoms with van der Waals surface area (Å²) in [7, 11) is 0.